The zero-order chi connectivity index (χ0) is 14.7. The van der Waals surface area contributed by atoms with Gasteiger partial charge in [-0.1, -0.05) is 25.1 Å². The largest absolute Gasteiger partial charge is 0.480 e. The fourth-order valence-corrected chi connectivity index (χ4v) is 2.06. The van der Waals surface area contributed by atoms with Gasteiger partial charge in [-0.3, -0.25) is 14.7 Å². The van der Waals surface area contributed by atoms with Gasteiger partial charge < -0.3 is 10.0 Å². The second kappa shape index (κ2) is 5.73. The van der Waals surface area contributed by atoms with E-state index in [1.807, 2.05) is 32.0 Å². The molecule has 2 aromatic rings. The maximum absolute atomic E-state index is 12.5. The number of hydrogen-bond donors (Lipinski definition) is 2. The maximum Gasteiger partial charge on any atom is 0.323 e. The SMILES string of the molecule is CCC(C)N(CC(=O)O)C(=O)c1n[nH]c2ccccc12. The Balaban J connectivity index is 2.38. The molecule has 20 heavy (non-hydrogen) atoms. The number of aromatic amines is 1. The third-order valence-corrected chi connectivity index (χ3v) is 3.36. The highest BCUT2D eigenvalue weighted by Gasteiger charge is 2.26. The molecule has 106 valence electrons. The van der Waals surface area contributed by atoms with Crippen LogP contribution in [0.2, 0.25) is 0 Å². The van der Waals surface area contributed by atoms with Crippen LogP contribution < -0.4 is 0 Å². The van der Waals surface area contributed by atoms with Gasteiger partial charge in [0.05, 0.1) is 5.52 Å². The Hall–Kier alpha value is -2.37. The van der Waals surface area contributed by atoms with Gasteiger partial charge in [-0.05, 0) is 19.4 Å². The highest BCUT2D eigenvalue weighted by Crippen LogP contribution is 2.18. The Labute approximate surface area is 116 Å². The van der Waals surface area contributed by atoms with E-state index in [1.165, 1.54) is 4.90 Å². The number of nitrogens with one attached hydrogen (secondary N) is 1. The molecule has 2 N–H and O–H groups in total. The van der Waals surface area contributed by atoms with Crippen LogP contribution in [-0.4, -0.2) is 44.7 Å². The number of para-hydroxylation sites is 1. The van der Waals surface area contributed by atoms with Crippen LogP contribution in [0.1, 0.15) is 30.8 Å². The summed E-state index contributed by atoms with van der Waals surface area (Å²) in [6, 6.07) is 7.12. The van der Waals surface area contributed by atoms with Crippen molar-refractivity contribution in [1.82, 2.24) is 15.1 Å². The number of carbonyl (C=O) groups excluding carboxylic acids is 1. The molecule has 0 fully saturated rings. The quantitative estimate of drug-likeness (QED) is 0.872. The molecule has 0 aliphatic carbocycles. The minimum absolute atomic E-state index is 0.158. The summed E-state index contributed by atoms with van der Waals surface area (Å²) in [4.78, 5) is 24.8. The fraction of sp³-hybridized carbons (Fsp3) is 0.357. The van der Waals surface area contributed by atoms with E-state index in [9.17, 15) is 9.59 Å². The van der Waals surface area contributed by atoms with Crippen molar-refractivity contribution in [3.05, 3.63) is 30.0 Å². The molecule has 1 atom stereocenters. The minimum Gasteiger partial charge on any atom is -0.480 e. The predicted octanol–water partition coefficient (Wildman–Crippen LogP) is 1.89. The van der Waals surface area contributed by atoms with Crippen molar-refractivity contribution < 1.29 is 14.7 Å². The monoisotopic (exact) mass is 275 g/mol. The first kappa shape index (κ1) is 14.0. The van der Waals surface area contributed by atoms with E-state index < -0.39 is 5.97 Å². The molecular formula is C14H17N3O3. The average molecular weight is 275 g/mol. The second-order valence-corrected chi connectivity index (χ2v) is 4.70. The van der Waals surface area contributed by atoms with Gasteiger partial charge in [0.2, 0.25) is 0 Å². The fourth-order valence-electron chi connectivity index (χ4n) is 2.06. The minimum atomic E-state index is -1.03. The number of fused-ring (bicyclic) bond motifs is 1. The molecule has 0 spiro atoms. The van der Waals surface area contributed by atoms with Crippen LogP contribution in [-0.2, 0) is 4.79 Å². The van der Waals surface area contributed by atoms with Gasteiger partial charge in [0.1, 0.15) is 6.54 Å². The number of aromatic nitrogens is 2. The Kier molecular flexibility index (Phi) is 4.02. The summed E-state index contributed by atoms with van der Waals surface area (Å²) in [7, 11) is 0. The molecular weight excluding hydrogens is 258 g/mol. The van der Waals surface area contributed by atoms with Crippen LogP contribution in [0.3, 0.4) is 0 Å². The lowest BCUT2D eigenvalue weighted by Crippen LogP contribution is -2.42. The summed E-state index contributed by atoms with van der Waals surface area (Å²) in [5.74, 6) is -1.39. The van der Waals surface area contributed by atoms with Gasteiger partial charge in [0.15, 0.2) is 5.69 Å². The molecule has 2 rings (SSSR count). The van der Waals surface area contributed by atoms with Gasteiger partial charge >= 0.3 is 5.97 Å². The molecule has 1 heterocycles. The van der Waals surface area contributed by atoms with Crippen molar-refractivity contribution in [3.63, 3.8) is 0 Å². The average Bonchev–Trinajstić information content (AvgIpc) is 2.87. The summed E-state index contributed by atoms with van der Waals surface area (Å²) in [6.07, 6.45) is 0.682. The van der Waals surface area contributed by atoms with E-state index in [-0.39, 0.29) is 24.2 Å². The Morgan fingerprint density at radius 1 is 1.40 bits per heavy atom. The van der Waals surface area contributed by atoms with Gasteiger partial charge in [0.25, 0.3) is 5.91 Å². The van der Waals surface area contributed by atoms with Crippen molar-refractivity contribution >= 4 is 22.8 Å². The molecule has 1 amide bonds. The number of amides is 1. The van der Waals surface area contributed by atoms with Crippen molar-refractivity contribution in [1.29, 1.82) is 0 Å². The van der Waals surface area contributed by atoms with Crippen LogP contribution in [0.25, 0.3) is 10.9 Å². The number of hydrogen-bond acceptors (Lipinski definition) is 3. The first-order valence-electron chi connectivity index (χ1n) is 6.50. The normalized spacial score (nSPS) is 12.3. The summed E-state index contributed by atoms with van der Waals surface area (Å²) < 4.78 is 0. The zero-order valence-corrected chi connectivity index (χ0v) is 11.5. The van der Waals surface area contributed by atoms with E-state index in [0.29, 0.717) is 11.8 Å². The number of aliphatic carboxylic acids is 1. The van der Waals surface area contributed by atoms with E-state index in [4.69, 9.17) is 5.11 Å². The zero-order valence-electron chi connectivity index (χ0n) is 11.5. The Morgan fingerprint density at radius 2 is 2.10 bits per heavy atom. The number of H-pyrrole nitrogens is 1. The van der Waals surface area contributed by atoms with Crippen molar-refractivity contribution in [3.8, 4) is 0 Å². The number of carboxylic acids is 1. The molecule has 0 aliphatic heterocycles. The van der Waals surface area contributed by atoms with Crippen molar-refractivity contribution in [2.75, 3.05) is 6.54 Å². The number of rotatable bonds is 5. The molecule has 0 aliphatic rings. The van der Waals surface area contributed by atoms with E-state index in [2.05, 4.69) is 10.2 Å². The first-order chi connectivity index (χ1) is 9.54. The van der Waals surface area contributed by atoms with E-state index in [0.717, 1.165) is 5.52 Å². The summed E-state index contributed by atoms with van der Waals surface area (Å²) in [6.45, 7) is 3.42. The topological polar surface area (TPSA) is 86.3 Å². The van der Waals surface area contributed by atoms with Crippen molar-refractivity contribution in [2.24, 2.45) is 0 Å². The predicted molar refractivity (Wildman–Crippen MR) is 74.5 cm³/mol. The number of benzene rings is 1. The molecule has 1 unspecified atom stereocenters. The third kappa shape index (κ3) is 2.64. The lowest BCUT2D eigenvalue weighted by Gasteiger charge is -2.26. The Bertz CT molecular complexity index is 635. The summed E-state index contributed by atoms with van der Waals surface area (Å²) in [5, 5.41) is 16.5. The van der Waals surface area contributed by atoms with Crippen LogP contribution >= 0.6 is 0 Å². The highest BCUT2D eigenvalue weighted by molar-refractivity contribution is 6.05. The smallest absolute Gasteiger partial charge is 0.323 e. The van der Waals surface area contributed by atoms with Gasteiger partial charge in [-0.15, -0.1) is 0 Å². The maximum atomic E-state index is 12.5. The molecule has 0 radical (unpaired) electrons. The molecule has 0 bridgehead atoms. The second-order valence-electron chi connectivity index (χ2n) is 4.70. The van der Waals surface area contributed by atoms with Gasteiger partial charge in [0, 0.05) is 11.4 Å². The van der Waals surface area contributed by atoms with Crippen LogP contribution in [0.15, 0.2) is 24.3 Å². The van der Waals surface area contributed by atoms with Crippen LogP contribution in [0, 0.1) is 0 Å². The lowest BCUT2D eigenvalue weighted by atomic mass is 10.1. The summed E-state index contributed by atoms with van der Waals surface area (Å²) in [5.41, 5.74) is 1.03. The van der Waals surface area contributed by atoms with E-state index >= 15 is 0 Å². The summed E-state index contributed by atoms with van der Waals surface area (Å²) >= 11 is 0. The number of nitrogens with zero attached hydrogens (tertiary/aromatic N) is 2. The molecule has 0 saturated carbocycles. The van der Waals surface area contributed by atoms with Crippen LogP contribution in [0.4, 0.5) is 0 Å². The van der Waals surface area contributed by atoms with Crippen LogP contribution in [0.5, 0.6) is 0 Å². The highest BCUT2D eigenvalue weighted by atomic mass is 16.4. The molecule has 6 nitrogen and oxygen atoms in total. The van der Waals surface area contributed by atoms with Gasteiger partial charge in [-0.2, -0.15) is 5.10 Å². The lowest BCUT2D eigenvalue weighted by molar-refractivity contribution is -0.138. The number of carbonyl (C=O) groups is 2. The molecule has 0 saturated heterocycles. The molecule has 1 aromatic heterocycles. The standard InChI is InChI=1S/C14H17N3O3/c1-3-9(2)17(8-12(18)19)14(20)13-10-6-4-5-7-11(10)15-16-13/h4-7,9H,3,8H2,1-2H3,(H,15,16)(H,18,19). The Morgan fingerprint density at radius 3 is 2.75 bits per heavy atom. The van der Waals surface area contributed by atoms with E-state index in [1.54, 1.807) is 6.07 Å². The molecule has 6 heteroatoms. The van der Waals surface area contributed by atoms with Gasteiger partial charge in [-0.25, -0.2) is 0 Å². The third-order valence-electron chi connectivity index (χ3n) is 3.36. The van der Waals surface area contributed by atoms with Crippen molar-refractivity contribution in [2.45, 2.75) is 26.3 Å². The number of carboxylic acid groups (broad SMARTS) is 1. The molecule has 1 aromatic carbocycles. The first-order valence-corrected chi connectivity index (χ1v) is 6.50.